The number of aliphatic carboxylic acids is 1. The van der Waals surface area contributed by atoms with E-state index in [1.54, 1.807) is 18.2 Å². The summed E-state index contributed by atoms with van der Waals surface area (Å²) in [5, 5.41) is 11.4. The van der Waals surface area contributed by atoms with Crippen LogP contribution in [0.1, 0.15) is 22.3 Å². The van der Waals surface area contributed by atoms with Crippen LogP contribution < -0.4 is 5.32 Å². The van der Waals surface area contributed by atoms with Crippen LogP contribution in [-0.4, -0.2) is 23.0 Å². The molecular weight excluding hydrogens is 298 g/mol. The standard InChI is InChI=1S/C13H14BrNO3/c1-3-4-11(13(17)18)15-12(16)9-5-6-10(14)8(2)7-9/h3,5-7,11H,1,4H2,2H3,(H,15,16)(H,17,18). The van der Waals surface area contributed by atoms with E-state index < -0.39 is 17.9 Å². The van der Waals surface area contributed by atoms with Crippen LogP contribution in [0.2, 0.25) is 0 Å². The van der Waals surface area contributed by atoms with Gasteiger partial charge in [0, 0.05) is 10.0 Å². The molecule has 2 N–H and O–H groups in total. The molecule has 1 amide bonds. The molecule has 1 aromatic rings. The molecule has 0 spiro atoms. The van der Waals surface area contributed by atoms with Crippen molar-refractivity contribution in [2.75, 3.05) is 0 Å². The van der Waals surface area contributed by atoms with Gasteiger partial charge in [0.25, 0.3) is 5.91 Å². The number of hydrogen-bond acceptors (Lipinski definition) is 2. The minimum Gasteiger partial charge on any atom is -0.480 e. The molecule has 0 aliphatic carbocycles. The second-order valence-electron chi connectivity index (χ2n) is 3.85. The predicted molar refractivity (Wildman–Crippen MR) is 72.6 cm³/mol. The second-order valence-corrected chi connectivity index (χ2v) is 4.71. The van der Waals surface area contributed by atoms with Crippen molar-refractivity contribution >= 4 is 27.8 Å². The first kappa shape index (κ1) is 14.4. The van der Waals surface area contributed by atoms with Gasteiger partial charge in [-0.2, -0.15) is 0 Å². The normalized spacial score (nSPS) is 11.7. The van der Waals surface area contributed by atoms with E-state index in [1.807, 2.05) is 6.92 Å². The van der Waals surface area contributed by atoms with Gasteiger partial charge in [0.2, 0.25) is 0 Å². The maximum atomic E-state index is 11.9. The molecule has 1 rings (SSSR count). The van der Waals surface area contributed by atoms with Crippen LogP contribution in [0.5, 0.6) is 0 Å². The molecule has 18 heavy (non-hydrogen) atoms. The van der Waals surface area contributed by atoms with Gasteiger partial charge in [-0.05, 0) is 37.1 Å². The lowest BCUT2D eigenvalue weighted by atomic mass is 10.1. The molecule has 1 aromatic carbocycles. The summed E-state index contributed by atoms with van der Waals surface area (Å²) in [6.07, 6.45) is 1.66. The summed E-state index contributed by atoms with van der Waals surface area (Å²) in [4.78, 5) is 22.8. The van der Waals surface area contributed by atoms with Crippen LogP contribution in [0.4, 0.5) is 0 Å². The van der Waals surface area contributed by atoms with E-state index in [0.717, 1.165) is 10.0 Å². The number of rotatable bonds is 5. The highest BCUT2D eigenvalue weighted by atomic mass is 79.9. The molecule has 96 valence electrons. The van der Waals surface area contributed by atoms with Gasteiger partial charge in [-0.3, -0.25) is 4.79 Å². The number of carbonyl (C=O) groups is 2. The summed E-state index contributed by atoms with van der Waals surface area (Å²) in [6, 6.07) is 4.15. The largest absolute Gasteiger partial charge is 0.480 e. The van der Waals surface area contributed by atoms with E-state index >= 15 is 0 Å². The van der Waals surface area contributed by atoms with E-state index in [0.29, 0.717) is 5.56 Å². The van der Waals surface area contributed by atoms with Crippen molar-refractivity contribution in [2.45, 2.75) is 19.4 Å². The third-order valence-corrected chi connectivity index (χ3v) is 3.32. The molecule has 5 heteroatoms. The summed E-state index contributed by atoms with van der Waals surface area (Å²) in [7, 11) is 0. The summed E-state index contributed by atoms with van der Waals surface area (Å²) in [6.45, 7) is 5.33. The Morgan fingerprint density at radius 1 is 1.56 bits per heavy atom. The van der Waals surface area contributed by atoms with Gasteiger partial charge >= 0.3 is 5.97 Å². The third-order valence-electron chi connectivity index (χ3n) is 2.43. The number of nitrogens with one attached hydrogen (secondary N) is 1. The molecule has 4 nitrogen and oxygen atoms in total. The summed E-state index contributed by atoms with van der Waals surface area (Å²) in [5.41, 5.74) is 1.35. The van der Waals surface area contributed by atoms with Crippen molar-refractivity contribution < 1.29 is 14.7 Å². The van der Waals surface area contributed by atoms with E-state index in [9.17, 15) is 9.59 Å². The molecule has 0 aliphatic heterocycles. The molecule has 0 heterocycles. The third kappa shape index (κ3) is 3.70. The number of carboxylic acid groups (broad SMARTS) is 1. The predicted octanol–water partition coefficient (Wildman–Crippen LogP) is 2.52. The molecule has 1 atom stereocenters. The van der Waals surface area contributed by atoms with Crippen LogP contribution in [-0.2, 0) is 4.79 Å². The lowest BCUT2D eigenvalue weighted by molar-refractivity contribution is -0.139. The molecule has 0 saturated carbocycles. The minimum absolute atomic E-state index is 0.191. The molecule has 0 radical (unpaired) electrons. The average Bonchev–Trinajstić information content (AvgIpc) is 2.31. The first-order chi connectivity index (χ1) is 8.45. The Kier molecular flexibility index (Phi) is 5.09. The monoisotopic (exact) mass is 311 g/mol. The van der Waals surface area contributed by atoms with Crippen LogP contribution in [0, 0.1) is 6.92 Å². The van der Waals surface area contributed by atoms with Crippen LogP contribution in [0.3, 0.4) is 0 Å². The first-order valence-corrected chi connectivity index (χ1v) is 6.15. The summed E-state index contributed by atoms with van der Waals surface area (Å²) >= 11 is 3.34. The van der Waals surface area contributed by atoms with Gasteiger partial charge in [-0.15, -0.1) is 6.58 Å². The fourth-order valence-electron chi connectivity index (χ4n) is 1.42. The number of amides is 1. The van der Waals surface area contributed by atoms with E-state index in [1.165, 1.54) is 6.08 Å². The van der Waals surface area contributed by atoms with E-state index in [-0.39, 0.29) is 6.42 Å². The molecule has 0 aromatic heterocycles. The maximum absolute atomic E-state index is 11.9. The molecule has 0 saturated heterocycles. The Bertz CT molecular complexity index is 485. The molecule has 0 bridgehead atoms. The van der Waals surface area contributed by atoms with Crippen molar-refractivity contribution in [3.05, 3.63) is 46.5 Å². The van der Waals surface area contributed by atoms with Crippen molar-refractivity contribution in [3.8, 4) is 0 Å². The second kappa shape index (κ2) is 6.35. The van der Waals surface area contributed by atoms with Gasteiger partial charge in [-0.25, -0.2) is 4.79 Å². The van der Waals surface area contributed by atoms with Gasteiger partial charge in [0.1, 0.15) is 6.04 Å². The van der Waals surface area contributed by atoms with E-state index in [2.05, 4.69) is 27.8 Å². The van der Waals surface area contributed by atoms with Crippen LogP contribution >= 0.6 is 15.9 Å². The maximum Gasteiger partial charge on any atom is 0.326 e. The highest BCUT2D eigenvalue weighted by Crippen LogP contribution is 2.17. The van der Waals surface area contributed by atoms with Gasteiger partial charge < -0.3 is 10.4 Å². The highest BCUT2D eigenvalue weighted by molar-refractivity contribution is 9.10. The number of carboxylic acids is 1. The van der Waals surface area contributed by atoms with E-state index in [4.69, 9.17) is 5.11 Å². The Balaban J connectivity index is 2.83. The van der Waals surface area contributed by atoms with Crippen molar-refractivity contribution in [3.63, 3.8) is 0 Å². The zero-order valence-electron chi connectivity index (χ0n) is 9.94. The fraction of sp³-hybridized carbons (Fsp3) is 0.231. The molecule has 0 fully saturated rings. The first-order valence-electron chi connectivity index (χ1n) is 5.36. The van der Waals surface area contributed by atoms with Crippen LogP contribution in [0.25, 0.3) is 0 Å². The molecular formula is C13H14BrNO3. The lowest BCUT2D eigenvalue weighted by Crippen LogP contribution is -2.40. The van der Waals surface area contributed by atoms with Crippen molar-refractivity contribution in [1.29, 1.82) is 0 Å². The van der Waals surface area contributed by atoms with Gasteiger partial charge in [0.05, 0.1) is 0 Å². The van der Waals surface area contributed by atoms with Crippen molar-refractivity contribution in [2.24, 2.45) is 0 Å². The lowest BCUT2D eigenvalue weighted by Gasteiger charge is -2.13. The zero-order chi connectivity index (χ0) is 13.7. The Morgan fingerprint density at radius 2 is 2.22 bits per heavy atom. The average molecular weight is 312 g/mol. The molecule has 1 unspecified atom stereocenters. The Morgan fingerprint density at radius 3 is 2.72 bits per heavy atom. The fourth-order valence-corrected chi connectivity index (χ4v) is 1.66. The Labute approximate surface area is 114 Å². The Hall–Kier alpha value is -1.62. The quantitative estimate of drug-likeness (QED) is 0.821. The van der Waals surface area contributed by atoms with Gasteiger partial charge in [-0.1, -0.05) is 22.0 Å². The number of hydrogen-bond donors (Lipinski definition) is 2. The molecule has 0 aliphatic rings. The number of carbonyl (C=O) groups excluding carboxylic acids is 1. The van der Waals surface area contributed by atoms with Gasteiger partial charge in [0.15, 0.2) is 0 Å². The topological polar surface area (TPSA) is 66.4 Å². The van der Waals surface area contributed by atoms with Crippen molar-refractivity contribution in [1.82, 2.24) is 5.32 Å². The van der Waals surface area contributed by atoms with Crippen LogP contribution in [0.15, 0.2) is 35.3 Å². The number of benzene rings is 1. The number of aryl methyl sites for hydroxylation is 1. The smallest absolute Gasteiger partial charge is 0.326 e. The minimum atomic E-state index is -1.07. The number of halogens is 1. The zero-order valence-corrected chi connectivity index (χ0v) is 11.5. The summed E-state index contributed by atoms with van der Waals surface area (Å²) < 4.78 is 0.903. The SMILES string of the molecule is C=CCC(NC(=O)c1ccc(Br)c(C)c1)C(=O)O. The summed E-state index contributed by atoms with van der Waals surface area (Å²) in [5.74, 6) is -1.48. The highest BCUT2D eigenvalue weighted by Gasteiger charge is 2.19.